The van der Waals surface area contributed by atoms with Gasteiger partial charge in [0.1, 0.15) is 12.1 Å². The van der Waals surface area contributed by atoms with E-state index < -0.39 is 10.0 Å². The molecule has 174 valence electrons. The number of carbonyl (C=O) groups is 1. The van der Waals surface area contributed by atoms with Crippen LogP contribution in [0.5, 0.6) is 0 Å². The van der Waals surface area contributed by atoms with Crippen LogP contribution < -0.4 is 9.62 Å². The van der Waals surface area contributed by atoms with Gasteiger partial charge in [-0.05, 0) is 61.7 Å². The van der Waals surface area contributed by atoms with E-state index in [0.29, 0.717) is 35.6 Å². The Morgan fingerprint density at radius 3 is 2.70 bits per heavy atom. The van der Waals surface area contributed by atoms with Crippen LogP contribution in [0, 0.1) is 5.82 Å². The minimum absolute atomic E-state index is 0.119. The van der Waals surface area contributed by atoms with Crippen LogP contribution in [0.3, 0.4) is 0 Å². The number of hydrogen-bond donors (Lipinski definition) is 1. The molecule has 0 fully saturated rings. The molecule has 2 heterocycles. The van der Waals surface area contributed by atoms with Gasteiger partial charge in [0.2, 0.25) is 10.0 Å². The van der Waals surface area contributed by atoms with Gasteiger partial charge in [0, 0.05) is 24.7 Å². The summed E-state index contributed by atoms with van der Waals surface area (Å²) in [5.74, 6) is -0.464. The number of aromatic nitrogens is 3. The lowest BCUT2D eigenvalue weighted by molar-refractivity contribution is 0.0954. The Labute approximate surface area is 192 Å². The third-order valence-corrected chi connectivity index (χ3v) is 6.78. The number of anilines is 1. The quantitative estimate of drug-likeness (QED) is 0.572. The van der Waals surface area contributed by atoms with Crippen LogP contribution in [0.15, 0.2) is 48.8 Å². The minimum atomic E-state index is -3.51. The van der Waals surface area contributed by atoms with Crippen molar-refractivity contribution in [1.82, 2.24) is 20.1 Å². The predicted molar refractivity (Wildman–Crippen MR) is 123 cm³/mol. The van der Waals surface area contributed by atoms with Gasteiger partial charge in [0.15, 0.2) is 5.82 Å². The van der Waals surface area contributed by atoms with E-state index in [1.807, 2.05) is 13.8 Å². The number of hydrogen-bond acceptors (Lipinski definition) is 5. The number of sulfonamides is 1. The molecule has 0 spiro atoms. The number of nitrogens with one attached hydrogen (secondary N) is 1. The average Bonchev–Trinajstić information content (AvgIpc) is 3.38. The third kappa shape index (κ3) is 4.90. The monoisotopic (exact) mass is 471 g/mol. The van der Waals surface area contributed by atoms with Crippen molar-refractivity contribution in [3.05, 3.63) is 77.1 Å². The fourth-order valence-corrected chi connectivity index (χ4v) is 4.85. The molecular weight excluding hydrogens is 445 g/mol. The zero-order valence-corrected chi connectivity index (χ0v) is 19.5. The van der Waals surface area contributed by atoms with Gasteiger partial charge in [-0.1, -0.05) is 12.1 Å². The highest BCUT2D eigenvalue weighted by Gasteiger charge is 2.37. The topological polar surface area (TPSA) is 97.2 Å². The molecule has 1 amide bonds. The number of benzene rings is 2. The number of halogens is 1. The highest BCUT2D eigenvalue weighted by Crippen LogP contribution is 2.40. The van der Waals surface area contributed by atoms with Crippen molar-refractivity contribution in [2.75, 3.05) is 23.7 Å². The van der Waals surface area contributed by atoms with Crippen molar-refractivity contribution in [2.45, 2.75) is 32.2 Å². The first-order valence-corrected chi connectivity index (χ1v) is 12.5. The smallest absolute Gasteiger partial charge is 0.251 e. The highest BCUT2D eigenvalue weighted by molar-refractivity contribution is 7.92. The van der Waals surface area contributed by atoms with Gasteiger partial charge in [0.05, 0.1) is 17.9 Å². The molecule has 1 unspecified atom stereocenters. The fraction of sp³-hybridized carbons (Fsp3) is 0.348. The van der Waals surface area contributed by atoms with Crippen LogP contribution >= 0.6 is 0 Å². The summed E-state index contributed by atoms with van der Waals surface area (Å²) in [5, 5.41) is 7.37. The minimum Gasteiger partial charge on any atom is -0.352 e. The molecular formula is C23H26FN5O3S. The number of carbonyl (C=O) groups excluding carboxylic acids is 1. The Bertz CT molecular complexity index is 1290. The molecule has 4 rings (SSSR count). The van der Waals surface area contributed by atoms with Gasteiger partial charge >= 0.3 is 0 Å². The summed E-state index contributed by atoms with van der Waals surface area (Å²) in [5.41, 5.74) is 2.43. The number of fused-ring (bicyclic) bond motifs is 1. The summed E-state index contributed by atoms with van der Waals surface area (Å²) in [7, 11) is -3.51. The maximum absolute atomic E-state index is 13.3. The van der Waals surface area contributed by atoms with Crippen LogP contribution in [-0.2, 0) is 16.4 Å². The highest BCUT2D eigenvalue weighted by atomic mass is 32.2. The lowest BCUT2D eigenvalue weighted by Gasteiger charge is -2.16. The second-order valence-corrected chi connectivity index (χ2v) is 10.3. The van der Waals surface area contributed by atoms with E-state index in [9.17, 15) is 17.6 Å². The summed E-state index contributed by atoms with van der Waals surface area (Å²) in [6.07, 6.45) is 3.29. The predicted octanol–water partition coefficient (Wildman–Crippen LogP) is 2.88. The molecule has 33 heavy (non-hydrogen) atoms. The first kappa shape index (κ1) is 22.9. The molecule has 2 aromatic carbocycles. The van der Waals surface area contributed by atoms with Crippen LogP contribution in [0.2, 0.25) is 0 Å². The molecule has 0 aliphatic carbocycles. The van der Waals surface area contributed by atoms with Crippen LogP contribution in [-0.4, -0.2) is 48.4 Å². The van der Waals surface area contributed by atoms with Crippen LogP contribution in [0.1, 0.15) is 53.1 Å². The van der Waals surface area contributed by atoms with Crippen molar-refractivity contribution in [3.63, 3.8) is 0 Å². The molecule has 0 radical (unpaired) electrons. The largest absolute Gasteiger partial charge is 0.352 e. The van der Waals surface area contributed by atoms with E-state index in [1.165, 1.54) is 16.4 Å². The van der Waals surface area contributed by atoms with E-state index in [1.54, 1.807) is 41.3 Å². The number of amides is 1. The summed E-state index contributed by atoms with van der Waals surface area (Å²) >= 11 is 0. The molecule has 1 aliphatic heterocycles. The van der Waals surface area contributed by atoms with Crippen molar-refractivity contribution >= 4 is 21.6 Å². The number of rotatable bonds is 7. The zero-order chi connectivity index (χ0) is 23.8. The third-order valence-electron chi connectivity index (χ3n) is 5.64. The molecule has 0 bridgehead atoms. The van der Waals surface area contributed by atoms with Crippen molar-refractivity contribution in [2.24, 2.45) is 0 Å². The van der Waals surface area contributed by atoms with Crippen molar-refractivity contribution in [1.29, 1.82) is 0 Å². The molecule has 10 heteroatoms. The van der Waals surface area contributed by atoms with E-state index in [-0.39, 0.29) is 30.2 Å². The lowest BCUT2D eigenvalue weighted by atomic mass is 9.98. The maximum Gasteiger partial charge on any atom is 0.251 e. The summed E-state index contributed by atoms with van der Waals surface area (Å²) < 4.78 is 41.1. The van der Waals surface area contributed by atoms with Gasteiger partial charge < -0.3 is 5.32 Å². The van der Waals surface area contributed by atoms with E-state index in [2.05, 4.69) is 15.4 Å². The average molecular weight is 472 g/mol. The van der Waals surface area contributed by atoms with E-state index >= 15 is 0 Å². The van der Waals surface area contributed by atoms with Crippen LogP contribution in [0.25, 0.3) is 0 Å². The Kier molecular flexibility index (Phi) is 6.20. The Morgan fingerprint density at radius 2 is 2.03 bits per heavy atom. The van der Waals surface area contributed by atoms with E-state index in [4.69, 9.17) is 0 Å². The van der Waals surface area contributed by atoms with Crippen molar-refractivity contribution in [3.8, 4) is 0 Å². The zero-order valence-electron chi connectivity index (χ0n) is 18.7. The van der Waals surface area contributed by atoms with Gasteiger partial charge in [-0.2, -0.15) is 5.10 Å². The normalized spacial score (nSPS) is 15.7. The second-order valence-electron chi connectivity index (χ2n) is 8.43. The van der Waals surface area contributed by atoms with Gasteiger partial charge in [-0.25, -0.2) is 17.8 Å². The molecule has 1 N–H and O–H groups in total. The first-order valence-electron chi connectivity index (χ1n) is 10.7. The SMILES string of the molecule is CC(C)n1cnc(C2CN(S(C)(=O)=O)c3ccc(C(=O)NCCc4cccc(F)c4)cc32)n1. The molecule has 1 aliphatic rings. The van der Waals surface area contributed by atoms with Gasteiger partial charge in [0.25, 0.3) is 5.91 Å². The molecule has 0 saturated heterocycles. The van der Waals surface area contributed by atoms with Gasteiger partial charge in [-0.3, -0.25) is 13.8 Å². The Balaban J connectivity index is 1.57. The molecule has 3 aromatic rings. The second kappa shape index (κ2) is 8.93. The van der Waals surface area contributed by atoms with Crippen LogP contribution in [0.4, 0.5) is 10.1 Å². The maximum atomic E-state index is 13.3. The molecule has 1 atom stereocenters. The Morgan fingerprint density at radius 1 is 1.24 bits per heavy atom. The summed E-state index contributed by atoms with van der Waals surface area (Å²) in [4.78, 5) is 17.2. The summed E-state index contributed by atoms with van der Waals surface area (Å²) in [6.45, 7) is 4.49. The first-order chi connectivity index (χ1) is 15.6. The van der Waals surface area contributed by atoms with Gasteiger partial charge in [-0.15, -0.1) is 0 Å². The molecule has 0 saturated carbocycles. The van der Waals surface area contributed by atoms with E-state index in [0.717, 1.165) is 11.8 Å². The summed E-state index contributed by atoms with van der Waals surface area (Å²) in [6, 6.07) is 11.3. The standard InChI is InChI=1S/C23H26FN5O3S/c1-15(2)28-14-26-22(27-28)20-13-29(33(3,31)32)21-8-7-17(12-19(20)21)23(30)25-10-9-16-5-4-6-18(24)11-16/h4-8,11-12,14-15,20H,9-10,13H2,1-3H3,(H,25,30). The Hall–Kier alpha value is -3.27. The molecule has 1 aromatic heterocycles. The fourth-order valence-electron chi connectivity index (χ4n) is 3.91. The van der Waals surface area contributed by atoms with Crippen molar-refractivity contribution < 1.29 is 17.6 Å². The number of nitrogens with zero attached hydrogens (tertiary/aromatic N) is 4. The lowest BCUT2D eigenvalue weighted by Crippen LogP contribution is -2.29. The molecule has 8 nitrogen and oxygen atoms in total.